The van der Waals surface area contributed by atoms with Crippen LogP contribution in [-0.4, -0.2) is 5.78 Å². The summed E-state index contributed by atoms with van der Waals surface area (Å²) in [7, 11) is 0. The van der Waals surface area contributed by atoms with Crippen molar-refractivity contribution in [2.24, 2.45) is 0 Å². The molecule has 0 N–H and O–H groups in total. The number of benzene rings is 2. The van der Waals surface area contributed by atoms with Gasteiger partial charge in [0.1, 0.15) is 17.5 Å². The molecule has 6 heteroatoms. The highest BCUT2D eigenvalue weighted by atomic mass is 35.5. The molecule has 0 saturated heterocycles. The number of halogens is 5. The topological polar surface area (TPSA) is 17.1 Å². The Morgan fingerprint density at radius 1 is 0.947 bits per heavy atom. The van der Waals surface area contributed by atoms with Crippen LogP contribution in [0.1, 0.15) is 15.9 Å². The minimum Gasteiger partial charge on any atom is -0.288 e. The van der Waals surface area contributed by atoms with Crippen molar-refractivity contribution in [1.82, 2.24) is 0 Å². The molecule has 0 unspecified atom stereocenters. The van der Waals surface area contributed by atoms with Gasteiger partial charge in [-0.25, -0.2) is 13.2 Å². The molecule has 0 aliphatic carbocycles. The van der Waals surface area contributed by atoms with Gasteiger partial charge in [0.2, 0.25) is 0 Å². The van der Waals surface area contributed by atoms with E-state index in [9.17, 15) is 18.0 Å². The Morgan fingerprint density at radius 3 is 2.05 bits per heavy atom. The lowest BCUT2D eigenvalue weighted by atomic mass is 10.0. The monoisotopic (exact) mass is 304 g/mol. The summed E-state index contributed by atoms with van der Waals surface area (Å²) in [6, 6.07) is 4.74. The van der Waals surface area contributed by atoms with Gasteiger partial charge < -0.3 is 0 Å². The Bertz CT molecular complexity index is 648. The van der Waals surface area contributed by atoms with Crippen molar-refractivity contribution < 1.29 is 18.0 Å². The maximum Gasteiger partial charge on any atom is 0.200 e. The SMILES string of the molecule is O=C(c1ccc(Cl)cc1Cl)c1c(F)cc(F)cc1F. The molecule has 0 aliphatic heterocycles. The predicted molar refractivity (Wildman–Crippen MR) is 66.2 cm³/mol. The molecule has 0 radical (unpaired) electrons. The van der Waals surface area contributed by atoms with Crippen LogP contribution in [-0.2, 0) is 0 Å². The summed E-state index contributed by atoms with van der Waals surface area (Å²) in [6.07, 6.45) is 0. The highest BCUT2D eigenvalue weighted by Gasteiger charge is 2.22. The van der Waals surface area contributed by atoms with Gasteiger partial charge in [0.05, 0.1) is 10.6 Å². The Kier molecular flexibility index (Phi) is 3.83. The smallest absolute Gasteiger partial charge is 0.200 e. The second-order valence-corrected chi connectivity index (χ2v) is 4.54. The summed E-state index contributed by atoms with van der Waals surface area (Å²) in [5.74, 6) is -4.65. The van der Waals surface area contributed by atoms with E-state index in [1.165, 1.54) is 18.2 Å². The van der Waals surface area contributed by atoms with E-state index in [0.29, 0.717) is 12.1 Å². The van der Waals surface area contributed by atoms with E-state index >= 15 is 0 Å². The minimum absolute atomic E-state index is 0.0411. The fourth-order valence-corrected chi connectivity index (χ4v) is 2.06. The Hall–Kier alpha value is -1.52. The maximum absolute atomic E-state index is 13.5. The van der Waals surface area contributed by atoms with Gasteiger partial charge in [-0.2, -0.15) is 0 Å². The summed E-state index contributed by atoms with van der Waals surface area (Å²) in [4.78, 5) is 12.0. The first kappa shape index (κ1) is 13.9. The van der Waals surface area contributed by atoms with Crippen LogP contribution in [0.3, 0.4) is 0 Å². The fourth-order valence-electron chi connectivity index (χ4n) is 1.57. The molecule has 2 aromatic rings. The first-order valence-corrected chi connectivity index (χ1v) is 5.80. The van der Waals surface area contributed by atoms with Crippen LogP contribution in [0, 0.1) is 17.5 Å². The van der Waals surface area contributed by atoms with E-state index in [1.54, 1.807) is 0 Å². The van der Waals surface area contributed by atoms with Crippen LogP contribution in [0.15, 0.2) is 30.3 Å². The lowest BCUT2D eigenvalue weighted by Gasteiger charge is -2.06. The van der Waals surface area contributed by atoms with E-state index in [4.69, 9.17) is 23.2 Å². The molecule has 0 bridgehead atoms. The number of ketones is 1. The molecule has 1 nitrogen and oxygen atoms in total. The molecule has 2 rings (SSSR count). The number of carbonyl (C=O) groups excluding carboxylic acids is 1. The minimum atomic E-state index is -1.28. The predicted octanol–water partition coefficient (Wildman–Crippen LogP) is 4.64. The second-order valence-electron chi connectivity index (χ2n) is 3.70. The zero-order valence-electron chi connectivity index (χ0n) is 9.18. The third kappa shape index (κ3) is 2.74. The average molecular weight is 305 g/mol. The quantitative estimate of drug-likeness (QED) is 0.739. The lowest BCUT2D eigenvalue weighted by molar-refractivity contribution is 0.103. The van der Waals surface area contributed by atoms with Crippen LogP contribution in [0.2, 0.25) is 10.0 Å². The number of rotatable bonds is 2. The van der Waals surface area contributed by atoms with Crippen molar-refractivity contribution in [1.29, 1.82) is 0 Å². The van der Waals surface area contributed by atoms with Crippen LogP contribution < -0.4 is 0 Å². The average Bonchev–Trinajstić information content (AvgIpc) is 2.26. The van der Waals surface area contributed by atoms with Gasteiger partial charge in [-0.3, -0.25) is 4.79 Å². The molecule has 0 fully saturated rings. The van der Waals surface area contributed by atoms with Crippen molar-refractivity contribution in [2.75, 3.05) is 0 Å². The third-order valence-electron chi connectivity index (χ3n) is 2.41. The Labute approximate surface area is 116 Å². The highest BCUT2D eigenvalue weighted by Crippen LogP contribution is 2.25. The van der Waals surface area contributed by atoms with Gasteiger partial charge in [-0.05, 0) is 18.2 Å². The molecule has 19 heavy (non-hydrogen) atoms. The third-order valence-corrected chi connectivity index (χ3v) is 2.96. The molecule has 0 aromatic heterocycles. The van der Waals surface area contributed by atoms with E-state index in [1.807, 2.05) is 0 Å². The summed E-state index contributed by atoms with van der Waals surface area (Å²) in [5.41, 5.74) is -0.971. The largest absolute Gasteiger partial charge is 0.288 e. The van der Waals surface area contributed by atoms with E-state index in [0.717, 1.165) is 0 Å². The first-order valence-electron chi connectivity index (χ1n) is 5.04. The van der Waals surface area contributed by atoms with Gasteiger partial charge in [0, 0.05) is 22.7 Å². The maximum atomic E-state index is 13.5. The van der Waals surface area contributed by atoms with E-state index in [2.05, 4.69) is 0 Å². The van der Waals surface area contributed by atoms with Gasteiger partial charge in [0.25, 0.3) is 0 Å². The highest BCUT2D eigenvalue weighted by molar-refractivity contribution is 6.37. The summed E-state index contributed by atoms with van der Waals surface area (Å²) in [5, 5.41) is 0.238. The van der Waals surface area contributed by atoms with E-state index in [-0.39, 0.29) is 15.6 Å². The first-order chi connectivity index (χ1) is 8.90. The van der Waals surface area contributed by atoms with Crippen LogP contribution in [0.25, 0.3) is 0 Å². The van der Waals surface area contributed by atoms with Gasteiger partial charge in [0.15, 0.2) is 5.78 Å². The number of carbonyl (C=O) groups is 1. The molecule has 0 saturated carbocycles. The normalized spacial score (nSPS) is 10.6. The molecule has 0 atom stereocenters. The van der Waals surface area contributed by atoms with Crippen LogP contribution in [0.5, 0.6) is 0 Å². The summed E-state index contributed by atoms with van der Waals surface area (Å²) >= 11 is 11.4. The van der Waals surface area contributed by atoms with Crippen molar-refractivity contribution >= 4 is 29.0 Å². The summed E-state index contributed by atoms with van der Waals surface area (Å²) in [6.45, 7) is 0. The molecular formula is C13H5Cl2F3O. The van der Waals surface area contributed by atoms with Crippen molar-refractivity contribution in [3.8, 4) is 0 Å². The van der Waals surface area contributed by atoms with Crippen molar-refractivity contribution in [3.05, 3.63) is 69.0 Å². The van der Waals surface area contributed by atoms with Gasteiger partial charge in [-0.15, -0.1) is 0 Å². The Morgan fingerprint density at radius 2 is 1.53 bits per heavy atom. The van der Waals surface area contributed by atoms with Crippen molar-refractivity contribution in [2.45, 2.75) is 0 Å². The fraction of sp³-hybridized carbons (Fsp3) is 0. The van der Waals surface area contributed by atoms with E-state index < -0.39 is 28.8 Å². The lowest BCUT2D eigenvalue weighted by Crippen LogP contribution is -2.08. The summed E-state index contributed by atoms with van der Waals surface area (Å²) < 4.78 is 39.7. The molecule has 0 heterocycles. The van der Waals surface area contributed by atoms with Gasteiger partial charge >= 0.3 is 0 Å². The van der Waals surface area contributed by atoms with Crippen LogP contribution in [0.4, 0.5) is 13.2 Å². The molecule has 0 aliphatic rings. The Balaban J connectivity index is 2.56. The van der Waals surface area contributed by atoms with Gasteiger partial charge in [-0.1, -0.05) is 23.2 Å². The molecule has 2 aromatic carbocycles. The number of hydrogen-bond donors (Lipinski definition) is 0. The molecular weight excluding hydrogens is 300 g/mol. The molecule has 0 amide bonds. The zero-order valence-corrected chi connectivity index (χ0v) is 10.7. The van der Waals surface area contributed by atoms with Crippen LogP contribution >= 0.6 is 23.2 Å². The van der Waals surface area contributed by atoms with Crippen molar-refractivity contribution in [3.63, 3.8) is 0 Å². The zero-order chi connectivity index (χ0) is 14.2. The second kappa shape index (κ2) is 5.23. The molecule has 98 valence electrons. The molecule has 0 spiro atoms. The number of hydrogen-bond acceptors (Lipinski definition) is 1. The standard InChI is InChI=1S/C13H5Cl2F3O/c14-6-1-2-8(9(15)3-6)13(19)12-10(17)4-7(16)5-11(12)18/h1-5H.